The average Bonchev–Trinajstić information content (AvgIpc) is 3.22. The van der Waals surface area contributed by atoms with Crippen LogP contribution >= 0.6 is 24.0 Å². The van der Waals surface area contributed by atoms with Crippen molar-refractivity contribution in [1.82, 2.24) is 10.6 Å². The van der Waals surface area contributed by atoms with Crippen molar-refractivity contribution in [3.8, 4) is 0 Å². The Morgan fingerprint density at radius 2 is 2.07 bits per heavy atom. The predicted octanol–water partition coefficient (Wildman–Crippen LogP) is 3.64. The number of benzene rings is 1. The number of hydrogen-bond acceptors (Lipinski definition) is 3. The largest absolute Gasteiger partial charge is 0.379 e. The predicted molar refractivity (Wildman–Crippen MR) is 121 cm³/mol. The molecule has 3 atom stereocenters. The van der Waals surface area contributed by atoms with E-state index in [-0.39, 0.29) is 24.0 Å². The quantitative estimate of drug-likeness (QED) is 0.255. The Morgan fingerprint density at radius 1 is 1.30 bits per heavy atom. The van der Waals surface area contributed by atoms with Gasteiger partial charge in [0, 0.05) is 38.8 Å². The average molecular weight is 487 g/mol. The summed E-state index contributed by atoms with van der Waals surface area (Å²) in [5.41, 5.74) is 2.83. The Kier molecular flexibility index (Phi) is 9.32. The smallest absolute Gasteiger partial charge is 0.191 e. The van der Waals surface area contributed by atoms with Gasteiger partial charge in [-0.1, -0.05) is 38.1 Å². The molecular formula is C21H34IN3O2. The minimum Gasteiger partial charge on any atom is -0.379 e. The van der Waals surface area contributed by atoms with E-state index in [1.54, 1.807) is 0 Å². The summed E-state index contributed by atoms with van der Waals surface area (Å²) in [6.07, 6.45) is 3.47. The molecule has 1 heterocycles. The number of rotatable bonds is 8. The summed E-state index contributed by atoms with van der Waals surface area (Å²) >= 11 is 0. The lowest BCUT2D eigenvalue weighted by Gasteiger charge is -2.13. The van der Waals surface area contributed by atoms with Crippen molar-refractivity contribution in [2.75, 3.05) is 33.4 Å². The third-order valence-electron chi connectivity index (χ3n) is 5.22. The van der Waals surface area contributed by atoms with Gasteiger partial charge in [-0.3, -0.25) is 4.99 Å². The normalized spacial score (nSPS) is 24.6. The van der Waals surface area contributed by atoms with Crippen molar-refractivity contribution in [3.05, 3.63) is 35.4 Å². The van der Waals surface area contributed by atoms with Crippen LogP contribution in [0.2, 0.25) is 0 Å². The maximum absolute atomic E-state index is 5.79. The van der Waals surface area contributed by atoms with E-state index in [0.29, 0.717) is 24.0 Å². The highest BCUT2D eigenvalue weighted by molar-refractivity contribution is 14.0. The number of hydrogen-bond donors (Lipinski definition) is 2. The summed E-state index contributed by atoms with van der Waals surface area (Å²) in [5.74, 6) is 2.08. The van der Waals surface area contributed by atoms with Gasteiger partial charge in [-0.25, -0.2) is 0 Å². The molecule has 3 unspecified atom stereocenters. The van der Waals surface area contributed by atoms with Crippen LogP contribution in [0.4, 0.5) is 0 Å². The molecule has 1 aromatic rings. The minimum atomic E-state index is 0. The van der Waals surface area contributed by atoms with Gasteiger partial charge in [0.2, 0.25) is 0 Å². The number of halogens is 1. The minimum absolute atomic E-state index is 0. The fraction of sp³-hybridized carbons (Fsp3) is 0.667. The summed E-state index contributed by atoms with van der Waals surface area (Å²) in [7, 11) is 1.83. The van der Waals surface area contributed by atoms with E-state index < -0.39 is 0 Å². The van der Waals surface area contributed by atoms with Gasteiger partial charge in [0.05, 0.1) is 12.7 Å². The standard InChI is InChI=1S/C21H33N3O2.HI/c1-15(2)16-5-7-17(8-6-16)19-13-20(19)24-21(22-3)23-10-4-11-26-18-9-12-25-14-18;/h5-8,15,18-20H,4,9-14H2,1-3H3,(H2,22,23,24);1H. The van der Waals surface area contributed by atoms with Crippen molar-refractivity contribution >= 4 is 29.9 Å². The maximum atomic E-state index is 5.79. The first-order chi connectivity index (χ1) is 12.7. The first kappa shape index (κ1) is 22.4. The number of aliphatic imine (C=N–C) groups is 1. The number of guanidine groups is 1. The van der Waals surface area contributed by atoms with Crippen molar-refractivity contribution in [2.24, 2.45) is 4.99 Å². The summed E-state index contributed by atoms with van der Waals surface area (Å²) in [6, 6.07) is 9.57. The maximum Gasteiger partial charge on any atom is 0.191 e. The summed E-state index contributed by atoms with van der Waals surface area (Å²) < 4.78 is 11.1. The fourth-order valence-electron chi connectivity index (χ4n) is 3.39. The van der Waals surface area contributed by atoms with Crippen LogP contribution in [0, 0.1) is 0 Å². The Morgan fingerprint density at radius 3 is 2.70 bits per heavy atom. The molecule has 2 fully saturated rings. The molecule has 0 bridgehead atoms. The summed E-state index contributed by atoms with van der Waals surface area (Å²) in [6.45, 7) is 7.69. The monoisotopic (exact) mass is 487 g/mol. The van der Waals surface area contributed by atoms with Crippen LogP contribution in [0.25, 0.3) is 0 Å². The third kappa shape index (κ3) is 6.91. The van der Waals surface area contributed by atoms with E-state index >= 15 is 0 Å². The molecule has 3 rings (SSSR count). The van der Waals surface area contributed by atoms with Crippen molar-refractivity contribution in [2.45, 2.75) is 57.1 Å². The first-order valence-corrected chi connectivity index (χ1v) is 9.93. The molecule has 152 valence electrons. The zero-order valence-corrected chi connectivity index (χ0v) is 19.1. The lowest BCUT2D eigenvalue weighted by Crippen LogP contribution is -2.39. The van der Waals surface area contributed by atoms with Gasteiger partial charge >= 0.3 is 0 Å². The molecule has 2 aliphatic rings. The van der Waals surface area contributed by atoms with Crippen LogP contribution in [0.15, 0.2) is 29.3 Å². The SMILES string of the molecule is CN=C(NCCCOC1CCOC1)NC1CC1c1ccc(C(C)C)cc1.I. The number of nitrogens with zero attached hydrogens (tertiary/aromatic N) is 1. The van der Waals surface area contributed by atoms with Crippen LogP contribution in [0.1, 0.15) is 56.1 Å². The molecular weight excluding hydrogens is 453 g/mol. The second-order valence-electron chi connectivity index (χ2n) is 7.62. The van der Waals surface area contributed by atoms with Crippen LogP contribution < -0.4 is 10.6 Å². The van der Waals surface area contributed by atoms with Crippen LogP contribution in [0.3, 0.4) is 0 Å². The van der Waals surface area contributed by atoms with Gasteiger partial charge in [-0.05, 0) is 36.3 Å². The Balaban J connectivity index is 0.00000261. The molecule has 27 heavy (non-hydrogen) atoms. The van der Waals surface area contributed by atoms with E-state index in [1.807, 2.05) is 7.05 Å². The summed E-state index contributed by atoms with van der Waals surface area (Å²) in [5, 5.41) is 6.93. The lowest BCUT2D eigenvalue weighted by atomic mass is 10.0. The van der Waals surface area contributed by atoms with E-state index in [1.165, 1.54) is 17.5 Å². The van der Waals surface area contributed by atoms with Crippen molar-refractivity contribution < 1.29 is 9.47 Å². The zero-order chi connectivity index (χ0) is 18.4. The zero-order valence-electron chi connectivity index (χ0n) is 16.7. The molecule has 0 radical (unpaired) electrons. The molecule has 6 heteroatoms. The molecule has 0 spiro atoms. The molecule has 1 saturated heterocycles. The Labute approximate surface area is 180 Å². The molecule has 1 saturated carbocycles. The van der Waals surface area contributed by atoms with Gasteiger partial charge < -0.3 is 20.1 Å². The van der Waals surface area contributed by atoms with E-state index in [4.69, 9.17) is 9.47 Å². The molecule has 2 N–H and O–H groups in total. The van der Waals surface area contributed by atoms with Gasteiger partial charge in [-0.2, -0.15) is 0 Å². The van der Waals surface area contributed by atoms with Crippen molar-refractivity contribution in [1.29, 1.82) is 0 Å². The topological polar surface area (TPSA) is 54.9 Å². The van der Waals surface area contributed by atoms with Gasteiger partial charge in [0.25, 0.3) is 0 Å². The van der Waals surface area contributed by atoms with E-state index in [9.17, 15) is 0 Å². The highest BCUT2D eigenvalue weighted by atomic mass is 127. The Bertz CT molecular complexity index is 586. The van der Waals surface area contributed by atoms with Crippen LogP contribution in [-0.4, -0.2) is 51.5 Å². The third-order valence-corrected chi connectivity index (χ3v) is 5.22. The molecule has 1 aromatic carbocycles. The highest BCUT2D eigenvalue weighted by Gasteiger charge is 2.38. The van der Waals surface area contributed by atoms with E-state index in [0.717, 1.165) is 45.2 Å². The fourth-order valence-corrected chi connectivity index (χ4v) is 3.39. The van der Waals surface area contributed by atoms with Gasteiger partial charge in [0.15, 0.2) is 5.96 Å². The highest BCUT2D eigenvalue weighted by Crippen LogP contribution is 2.41. The lowest BCUT2D eigenvalue weighted by molar-refractivity contribution is 0.0420. The molecule has 0 amide bonds. The van der Waals surface area contributed by atoms with Crippen LogP contribution in [0.5, 0.6) is 0 Å². The van der Waals surface area contributed by atoms with Gasteiger partial charge in [-0.15, -0.1) is 24.0 Å². The summed E-state index contributed by atoms with van der Waals surface area (Å²) in [4.78, 5) is 4.34. The van der Waals surface area contributed by atoms with Crippen molar-refractivity contribution in [3.63, 3.8) is 0 Å². The molecule has 5 nitrogen and oxygen atoms in total. The van der Waals surface area contributed by atoms with E-state index in [2.05, 4.69) is 53.7 Å². The number of ether oxygens (including phenoxy) is 2. The van der Waals surface area contributed by atoms with Gasteiger partial charge in [0.1, 0.15) is 0 Å². The second kappa shape index (κ2) is 11.2. The first-order valence-electron chi connectivity index (χ1n) is 9.93. The molecule has 0 aromatic heterocycles. The Hall–Kier alpha value is -0.860. The second-order valence-corrected chi connectivity index (χ2v) is 7.62. The number of nitrogens with one attached hydrogen (secondary N) is 2. The molecule has 1 aliphatic carbocycles. The molecule has 1 aliphatic heterocycles. The van der Waals surface area contributed by atoms with Crippen LogP contribution in [-0.2, 0) is 9.47 Å².